The van der Waals surface area contributed by atoms with Gasteiger partial charge in [-0.25, -0.2) is 18.4 Å². The third-order valence-electron chi connectivity index (χ3n) is 1.49. The number of aromatic nitrogens is 4. The van der Waals surface area contributed by atoms with E-state index < -0.39 is 9.84 Å². The first-order chi connectivity index (χ1) is 6.07. The summed E-state index contributed by atoms with van der Waals surface area (Å²) in [7, 11) is -3.35. The highest BCUT2D eigenvalue weighted by Gasteiger charge is 2.11. The van der Waals surface area contributed by atoms with E-state index in [0.29, 0.717) is 11.2 Å². The van der Waals surface area contributed by atoms with Crippen LogP contribution in [0.4, 0.5) is 0 Å². The van der Waals surface area contributed by atoms with Crippen LogP contribution < -0.4 is 0 Å². The molecule has 0 aromatic carbocycles. The number of nitrogens with zero attached hydrogens (tertiary/aromatic N) is 3. The first-order valence-corrected chi connectivity index (χ1v) is 5.33. The van der Waals surface area contributed by atoms with Crippen molar-refractivity contribution in [2.45, 2.75) is 5.16 Å². The van der Waals surface area contributed by atoms with Crippen molar-refractivity contribution in [2.24, 2.45) is 0 Å². The van der Waals surface area contributed by atoms with E-state index in [1.165, 1.54) is 12.5 Å². The van der Waals surface area contributed by atoms with Crippen LogP contribution in [0.3, 0.4) is 0 Å². The lowest BCUT2D eigenvalue weighted by Crippen LogP contribution is -2.03. The van der Waals surface area contributed by atoms with E-state index in [2.05, 4.69) is 19.9 Å². The van der Waals surface area contributed by atoms with Crippen molar-refractivity contribution in [3.05, 3.63) is 12.5 Å². The summed E-state index contributed by atoms with van der Waals surface area (Å²) in [5.41, 5.74) is 0.975. The highest BCUT2D eigenvalue weighted by molar-refractivity contribution is 7.90. The number of rotatable bonds is 1. The van der Waals surface area contributed by atoms with Gasteiger partial charge in [0.2, 0.25) is 15.0 Å². The van der Waals surface area contributed by atoms with Crippen LogP contribution in [-0.2, 0) is 9.84 Å². The van der Waals surface area contributed by atoms with Gasteiger partial charge in [0.25, 0.3) is 0 Å². The minimum Gasteiger partial charge on any atom is -0.342 e. The number of H-pyrrole nitrogens is 1. The zero-order chi connectivity index (χ0) is 9.47. The Labute approximate surface area is 74.0 Å². The van der Waals surface area contributed by atoms with Gasteiger partial charge in [-0.3, -0.25) is 0 Å². The highest BCUT2D eigenvalue weighted by Crippen LogP contribution is 2.07. The Balaban J connectivity index is 2.75. The Morgan fingerprint density at radius 2 is 2.15 bits per heavy atom. The molecule has 13 heavy (non-hydrogen) atoms. The fourth-order valence-corrected chi connectivity index (χ4v) is 1.40. The van der Waals surface area contributed by atoms with Crippen molar-refractivity contribution < 1.29 is 8.42 Å². The van der Waals surface area contributed by atoms with Gasteiger partial charge in [-0.15, -0.1) is 0 Å². The Morgan fingerprint density at radius 3 is 2.85 bits per heavy atom. The van der Waals surface area contributed by atoms with E-state index in [1.54, 1.807) is 0 Å². The topological polar surface area (TPSA) is 88.6 Å². The molecule has 2 rings (SSSR count). The Hall–Kier alpha value is -1.50. The summed E-state index contributed by atoms with van der Waals surface area (Å²) in [5, 5.41) is -0.202. The smallest absolute Gasteiger partial charge is 0.248 e. The number of hydrogen-bond acceptors (Lipinski definition) is 5. The maximum Gasteiger partial charge on any atom is 0.248 e. The maximum atomic E-state index is 11.0. The Kier molecular flexibility index (Phi) is 1.56. The van der Waals surface area contributed by atoms with Crippen LogP contribution in [0.25, 0.3) is 11.2 Å². The summed E-state index contributed by atoms with van der Waals surface area (Å²) in [6, 6.07) is 0. The molecule has 0 saturated carbocycles. The SMILES string of the molecule is CS(=O)(=O)c1ncc2[nH]cnc2n1. The number of imidazole rings is 1. The van der Waals surface area contributed by atoms with Crippen molar-refractivity contribution in [3.8, 4) is 0 Å². The summed E-state index contributed by atoms with van der Waals surface area (Å²) in [5.74, 6) is 0. The van der Waals surface area contributed by atoms with Gasteiger partial charge in [0, 0.05) is 6.26 Å². The predicted octanol–water partition coefficient (Wildman–Crippen LogP) is -0.244. The lowest BCUT2D eigenvalue weighted by molar-refractivity contribution is 0.593. The van der Waals surface area contributed by atoms with E-state index in [-0.39, 0.29) is 5.16 Å². The van der Waals surface area contributed by atoms with Crippen molar-refractivity contribution in [1.82, 2.24) is 19.9 Å². The Morgan fingerprint density at radius 1 is 1.38 bits per heavy atom. The monoisotopic (exact) mass is 198 g/mol. The van der Waals surface area contributed by atoms with E-state index in [1.807, 2.05) is 0 Å². The molecule has 0 aliphatic heterocycles. The number of fused-ring (bicyclic) bond motifs is 1. The van der Waals surface area contributed by atoms with Crippen LogP contribution in [-0.4, -0.2) is 34.6 Å². The molecule has 0 bridgehead atoms. The van der Waals surface area contributed by atoms with Gasteiger partial charge in [0.15, 0.2) is 5.65 Å². The summed E-state index contributed by atoms with van der Waals surface area (Å²) in [6.45, 7) is 0. The van der Waals surface area contributed by atoms with Gasteiger partial charge < -0.3 is 4.98 Å². The van der Waals surface area contributed by atoms with Crippen LogP contribution in [0.5, 0.6) is 0 Å². The molecule has 7 heteroatoms. The number of hydrogen-bond donors (Lipinski definition) is 1. The van der Waals surface area contributed by atoms with Gasteiger partial charge in [0.05, 0.1) is 12.5 Å². The second-order valence-electron chi connectivity index (χ2n) is 2.56. The van der Waals surface area contributed by atoms with E-state index in [4.69, 9.17) is 0 Å². The lowest BCUT2D eigenvalue weighted by atomic mass is 10.6. The standard InChI is InChI=1S/C6H6N4O2S/c1-13(11,12)6-7-2-4-5(10-6)9-3-8-4/h2-3H,1H3,(H,7,8,9,10). The summed E-state index contributed by atoms with van der Waals surface area (Å²) >= 11 is 0. The van der Waals surface area contributed by atoms with Crippen LogP contribution in [0.15, 0.2) is 17.7 Å². The Bertz CT molecular complexity index is 545. The molecule has 0 atom stereocenters. The zero-order valence-electron chi connectivity index (χ0n) is 6.72. The molecule has 0 spiro atoms. The highest BCUT2D eigenvalue weighted by atomic mass is 32.2. The summed E-state index contributed by atoms with van der Waals surface area (Å²) in [4.78, 5) is 14.0. The van der Waals surface area contributed by atoms with E-state index >= 15 is 0 Å². The van der Waals surface area contributed by atoms with Crippen LogP contribution in [0.2, 0.25) is 0 Å². The van der Waals surface area contributed by atoms with Crippen LogP contribution in [0, 0.1) is 0 Å². The zero-order valence-corrected chi connectivity index (χ0v) is 7.54. The fraction of sp³-hybridized carbons (Fsp3) is 0.167. The van der Waals surface area contributed by atoms with Crippen LogP contribution in [0.1, 0.15) is 0 Å². The largest absolute Gasteiger partial charge is 0.342 e. The van der Waals surface area contributed by atoms with Gasteiger partial charge in [-0.2, -0.15) is 4.98 Å². The quantitative estimate of drug-likeness (QED) is 0.638. The molecular formula is C6H6N4O2S. The molecule has 1 N–H and O–H groups in total. The molecule has 0 saturated heterocycles. The molecule has 0 aliphatic rings. The number of nitrogens with one attached hydrogen (secondary N) is 1. The lowest BCUT2D eigenvalue weighted by Gasteiger charge is -1.93. The predicted molar refractivity (Wildman–Crippen MR) is 44.8 cm³/mol. The summed E-state index contributed by atoms with van der Waals surface area (Å²) < 4.78 is 22.1. The molecule has 6 nitrogen and oxygen atoms in total. The fourth-order valence-electron chi connectivity index (χ4n) is 0.899. The van der Waals surface area contributed by atoms with Gasteiger partial charge in [-0.05, 0) is 0 Å². The first-order valence-electron chi connectivity index (χ1n) is 3.43. The molecule has 2 aromatic rings. The molecule has 0 fully saturated rings. The van der Waals surface area contributed by atoms with Crippen molar-refractivity contribution in [1.29, 1.82) is 0 Å². The molecule has 68 valence electrons. The first kappa shape index (κ1) is 8.11. The second kappa shape index (κ2) is 2.49. The van der Waals surface area contributed by atoms with Gasteiger partial charge >= 0.3 is 0 Å². The molecule has 2 heterocycles. The van der Waals surface area contributed by atoms with Gasteiger partial charge in [0.1, 0.15) is 5.52 Å². The molecule has 2 aromatic heterocycles. The average Bonchev–Trinajstić information content (AvgIpc) is 2.47. The minimum atomic E-state index is -3.35. The minimum absolute atomic E-state index is 0.202. The molecule has 0 unspecified atom stereocenters. The van der Waals surface area contributed by atoms with Crippen molar-refractivity contribution in [2.75, 3.05) is 6.26 Å². The average molecular weight is 198 g/mol. The summed E-state index contributed by atoms with van der Waals surface area (Å²) in [6.07, 6.45) is 3.89. The molecule has 0 aliphatic carbocycles. The van der Waals surface area contributed by atoms with Crippen LogP contribution >= 0.6 is 0 Å². The second-order valence-corrected chi connectivity index (χ2v) is 4.47. The third-order valence-corrected chi connectivity index (χ3v) is 2.35. The molecule has 0 radical (unpaired) electrons. The van der Waals surface area contributed by atoms with E-state index in [0.717, 1.165) is 6.26 Å². The number of sulfone groups is 1. The third kappa shape index (κ3) is 1.37. The van der Waals surface area contributed by atoms with Crippen molar-refractivity contribution >= 4 is 21.0 Å². The van der Waals surface area contributed by atoms with E-state index in [9.17, 15) is 8.42 Å². The van der Waals surface area contributed by atoms with Gasteiger partial charge in [-0.1, -0.05) is 0 Å². The normalized spacial score (nSPS) is 12.1. The van der Waals surface area contributed by atoms with Crippen molar-refractivity contribution in [3.63, 3.8) is 0 Å². The number of aromatic amines is 1. The maximum absolute atomic E-state index is 11.0. The molecular weight excluding hydrogens is 192 g/mol. The molecule has 0 amide bonds.